The second kappa shape index (κ2) is 6.63. The lowest BCUT2D eigenvalue weighted by Gasteiger charge is -2.31. The Bertz CT molecular complexity index is 647. The standard InChI is InChI=1S/C18H24N4O3/c23-16-18(3-6-21(16)13-15-2-1-5-19-12-15)4-7-22(14-18)17(24)20-8-10-25-11-9-20/h1-2,5,12H,3-4,6-11,13-14H2. The normalized spacial score (nSPS) is 26.7. The molecule has 25 heavy (non-hydrogen) atoms. The molecule has 4 rings (SSSR count). The van der Waals surface area contributed by atoms with E-state index in [2.05, 4.69) is 4.98 Å². The topological polar surface area (TPSA) is 66.0 Å². The minimum atomic E-state index is -0.385. The molecule has 0 saturated carbocycles. The van der Waals surface area contributed by atoms with Gasteiger partial charge in [-0.2, -0.15) is 0 Å². The number of nitrogens with zero attached hydrogens (tertiary/aromatic N) is 4. The van der Waals surface area contributed by atoms with E-state index >= 15 is 0 Å². The quantitative estimate of drug-likeness (QED) is 0.801. The average molecular weight is 344 g/mol. The molecule has 1 aromatic heterocycles. The van der Waals surface area contributed by atoms with Crippen molar-refractivity contribution in [1.29, 1.82) is 0 Å². The predicted molar refractivity (Wildman–Crippen MR) is 90.7 cm³/mol. The van der Waals surface area contributed by atoms with E-state index in [4.69, 9.17) is 4.74 Å². The minimum absolute atomic E-state index is 0.0543. The molecule has 1 aromatic rings. The van der Waals surface area contributed by atoms with Crippen LogP contribution in [0.4, 0.5) is 4.79 Å². The largest absolute Gasteiger partial charge is 0.378 e. The van der Waals surface area contributed by atoms with Gasteiger partial charge in [-0.25, -0.2) is 4.79 Å². The number of hydrogen-bond acceptors (Lipinski definition) is 4. The zero-order valence-corrected chi connectivity index (χ0v) is 14.4. The molecule has 4 heterocycles. The number of ether oxygens (including phenoxy) is 1. The summed E-state index contributed by atoms with van der Waals surface area (Å²) in [6, 6.07) is 3.94. The summed E-state index contributed by atoms with van der Waals surface area (Å²) >= 11 is 0. The molecule has 1 spiro atoms. The smallest absolute Gasteiger partial charge is 0.320 e. The molecule has 3 amide bonds. The van der Waals surface area contributed by atoms with Gasteiger partial charge >= 0.3 is 6.03 Å². The van der Waals surface area contributed by atoms with Crippen molar-refractivity contribution in [2.24, 2.45) is 5.41 Å². The summed E-state index contributed by atoms with van der Waals surface area (Å²) in [5.41, 5.74) is 0.664. The van der Waals surface area contributed by atoms with E-state index in [1.165, 1.54) is 0 Å². The van der Waals surface area contributed by atoms with Crippen molar-refractivity contribution in [3.05, 3.63) is 30.1 Å². The van der Waals surface area contributed by atoms with Crippen LogP contribution >= 0.6 is 0 Å². The summed E-state index contributed by atoms with van der Waals surface area (Å²) in [4.78, 5) is 35.4. The molecule has 0 N–H and O–H groups in total. The first kappa shape index (κ1) is 16.3. The summed E-state index contributed by atoms with van der Waals surface area (Å²) in [5.74, 6) is 0.189. The Balaban J connectivity index is 1.40. The van der Waals surface area contributed by atoms with Crippen molar-refractivity contribution in [3.8, 4) is 0 Å². The molecular weight excluding hydrogens is 320 g/mol. The fourth-order valence-corrected chi connectivity index (χ4v) is 4.12. The summed E-state index contributed by atoms with van der Waals surface area (Å²) in [6.07, 6.45) is 5.15. The van der Waals surface area contributed by atoms with Gasteiger partial charge in [0.05, 0.1) is 18.6 Å². The highest BCUT2D eigenvalue weighted by Gasteiger charge is 2.51. The Hall–Kier alpha value is -2.15. The number of amides is 3. The lowest BCUT2D eigenvalue weighted by atomic mass is 9.85. The summed E-state index contributed by atoms with van der Waals surface area (Å²) < 4.78 is 5.32. The van der Waals surface area contributed by atoms with E-state index in [-0.39, 0.29) is 17.4 Å². The zero-order valence-electron chi connectivity index (χ0n) is 14.4. The van der Waals surface area contributed by atoms with Gasteiger partial charge in [0.25, 0.3) is 0 Å². The molecule has 3 aliphatic heterocycles. The molecule has 1 atom stereocenters. The molecular formula is C18H24N4O3. The number of likely N-dealkylation sites (tertiary alicyclic amines) is 2. The van der Waals surface area contributed by atoms with Gasteiger partial charge in [0.15, 0.2) is 0 Å². The average Bonchev–Trinajstić information content (AvgIpc) is 3.23. The summed E-state index contributed by atoms with van der Waals surface area (Å²) in [7, 11) is 0. The Morgan fingerprint density at radius 1 is 1.16 bits per heavy atom. The van der Waals surface area contributed by atoms with Gasteiger partial charge in [0, 0.05) is 51.7 Å². The lowest BCUT2D eigenvalue weighted by Crippen LogP contribution is -2.48. The molecule has 3 aliphatic rings. The second-order valence-electron chi connectivity index (χ2n) is 7.17. The van der Waals surface area contributed by atoms with E-state index < -0.39 is 0 Å². The van der Waals surface area contributed by atoms with Crippen LogP contribution in [-0.2, 0) is 16.1 Å². The molecule has 3 saturated heterocycles. The van der Waals surface area contributed by atoms with Gasteiger partial charge in [-0.3, -0.25) is 9.78 Å². The number of carbonyl (C=O) groups is 2. The first-order valence-electron chi connectivity index (χ1n) is 8.98. The maximum Gasteiger partial charge on any atom is 0.320 e. The number of aromatic nitrogens is 1. The predicted octanol–water partition coefficient (Wildman–Crippen LogP) is 0.958. The molecule has 7 heteroatoms. The number of urea groups is 1. The van der Waals surface area contributed by atoms with Crippen LogP contribution in [0.2, 0.25) is 0 Å². The monoisotopic (exact) mass is 344 g/mol. The minimum Gasteiger partial charge on any atom is -0.378 e. The van der Waals surface area contributed by atoms with Crippen LogP contribution < -0.4 is 0 Å². The first-order valence-corrected chi connectivity index (χ1v) is 8.98. The van der Waals surface area contributed by atoms with Crippen molar-refractivity contribution < 1.29 is 14.3 Å². The third-order valence-electron chi connectivity index (χ3n) is 5.60. The Labute approximate surface area is 147 Å². The highest BCUT2D eigenvalue weighted by molar-refractivity contribution is 5.87. The van der Waals surface area contributed by atoms with Crippen LogP contribution in [0.3, 0.4) is 0 Å². The second-order valence-corrected chi connectivity index (χ2v) is 7.17. The van der Waals surface area contributed by atoms with Gasteiger partial charge in [-0.1, -0.05) is 6.07 Å². The number of rotatable bonds is 2. The SMILES string of the molecule is O=C(N1CCOCC1)N1CCC2(CCN(Cc3cccnc3)C2=O)C1. The van der Waals surface area contributed by atoms with Crippen molar-refractivity contribution in [1.82, 2.24) is 19.7 Å². The van der Waals surface area contributed by atoms with Crippen molar-refractivity contribution >= 4 is 11.9 Å². The molecule has 0 aromatic carbocycles. The molecule has 134 valence electrons. The molecule has 0 aliphatic carbocycles. The number of carbonyl (C=O) groups excluding carboxylic acids is 2. The first-order chi connectivity index (χ1) is 12.2. The summed E-state index contributed by atoms with van der Waals surface area (Å²) in [5, 5.41) is 0. The zero-order chi connectivity index (χ0) is 17.3. The van der Waals surface area contributed by atoms with E-state index in [0.717, 1.165) is 24.9 Å². The maximum atomic E-state index is 13.0. The van der Waals surface area contributed by atoms with Gasteiger partial charge in [-0.15, -0.1) is 0 Å². The molecule has 0 bridgehead atoms. The van der Waals surface area contributed by atoms with Crippen molar-refractivity contribution in [2.75, 3.05) is 45.9 Å². The van der Waals surface area contributed by atoms with E-state index in [1.807, 2.05) is 26.8 Å². The van der Waals surface area contributed by atoms with Crippen LogP contribution in [0.25, 0.3) is 0 Å². The fraction of sp³-hybridized carbons (Fsp3) is 0.611. The van der Waals surface area contributed by atoms with Crippen LogP contribution in [-0.4, -0.2) is 77.6 Å². The molecule has 7 nitrogen and oxygen atoms in total. The number of hydrogen-bond donors (Lipinski definition) is 0. The highest BCUT2D eigenvalue weighted by atomic mass is 16.5. The fourth-order valence-electron chi connectivity index (χ4n) is 4.12. The third kappa shape index (κ3) is 3.08. The van der Waals surface area contributed by atoms with Crippen LogP contribution in [0.1, 0.15) is 18.4 Å². The summed E-state index contributed by atoms with van der Waals surface area (Å²) in [6.45, 7) is 5.06. The molecule has 3 fully saturated rings. The van der Waals surface area contributed by atoms with E-state index in [1.54, 1.807) is 12.4 Å². The van der Waals surface area contributed by atoms with E-state index in [9.17, 15) is 9.59 Å². The number of morpholine rings is 1. The number of pyridine rings is 1. The van der Waals surface area contributed by atoms with Gasteiger partial charge < -0.3 is 19.4 Å². The van der Waals surface area contributed by atoms with Crippen LogP contribution in [0.15, 0.2) is 24.5 Å². The maximum absolute atomic E-state index is 13.0. The van der Waals surface area contributed by atoms with Crippen LogP contribution in [0, 0.1) is 5.41 Å². The van der Waals surface area contributed by atoms with E-state index in [0.29, 0.717) is 45.9 Å². The van der Waals surface area contributed by atoms with Gasteiger partial charge in [0.1, 0.15) is 0 Å². The third-order valence-corrected chi connectivity index (χ3v) is 5.60. The molecule has 1 unspecified atom stereocenters. The Morgan fingerprint density at radius 2 is 1.96 bits per heavy atom. The molecule has 0 radical (unpaired) electrons. The van der Waals surface area contributed by atoms with Crippen molar-refractivity contribution in [2.45, 2.75) is 19.4 Å². The van der Waals surface area contributed by atoms with Crippen LogP contribution in [0.5, 0.6) is 0 Å². The lowest BCUT2D eigenvalue weighted by molar-refractivity contribution is -0.135. The Kier molecular flexibility index (Phi) is 4.33. The highest BCUT2D eigenvalue weighted by Crippen LogP contribution is 2.41. The van der Waals surface area contributed by atoms with Gasteiger partial charge in [0.2, 0.25) is 5.91 Å². The van der Waals surface area contributed by atoms with Crippen molar-refractivity contribution in [3.63, 3.8) is 0 Å². The van der Waals surface area contributed by atoms with Gasteiger partial charge in [-0.05, 0) is 24.5 Å². The Morgan fingerprint density at radius 3 is 2.72 bits per heavy atom.